The first-order valence-electron chi connectivity index (χ1n) is 14.1. The fourth-order valence-electron chi connectivity index (χ4n) is 6.26. The number of hydrogen-bond acceptors (Lipinski definition) is 6. The lowest BCUT2D eigenvalue weighted by Crippen LogP contribution is -2.53. The van der Waals surface area contributed by atoms with Crippen molar-refractivity contribution in [2.75, 3.05) is 5.75 Å². The van der Waals surface area contributed by atoms with E-state index in [-0.39, 0.29) is 46.6 Å². The molecule has 1 aromatic rings. The van der Waals surface area contributed by atoms with E-state index in [0.717, 1.165) is 51.4 Å². The lowest BCUT2D eigenvalue weighted by Gasteiger charge is -2.28. The smallest absolute Gasteiger partial charge is 0.243 e. The Balaban J connectivity index is 1.37. The first-order valence-corrected chi connectivity index (χ1v) is 15.7. The van der Waals surface area contributed by atoms with Crippen LogP contribution in [0, 0.1) is 17.8 Å². The molecule has 0 aliphatic heterocycles. The molecule has 3 saturated carbocycles. The number of rotatable bonds is 9. The second kappa shape index (κ2) is 13.0. The maximum atomic E-state index is 13.4. The molecule has 2 unspecified atom stereocenters. The summed E-state index contributed by atoms with van der Waals surface area (Å²) in [4.78, 5) is 43.4. The number of nitrogens with one attached hydrogen (secondary N) is 2. The molecule has 1 heterocycles. The number of hydrogen-bond donors (Lipinski definition) is 2. The third kappa shape index (κ3) is 7.85. The fraction of sp³-hybridized carbons (Fsp3) is 0.714. The Kier molecular flexibility index (Phi) is 9.73. The van der Waals surface area contributed by atoms with Crippen molar-refractivity contribution in [3.05, 3.63) is 24.4 Å². The van der Waals surface area contributed by atoms with Crippen molar-refractivity contribution >= 4 is 27.4 Å². The van der Waals surface area contributed by atoms with Gasteiger partial charge < -0.3 is 10.6 Å². The van der Waals surface area contributed by atoms with Gasteiger partial charge >= 0.3 is 0 Å². The van der Waals surface area contributed by atoms with Crippen molar-refractivity contribution in [1.82, 2.24) is 15.6 Å². The van der Waals surface area contributed by atoms with Crippen LogP contribution in [0.1, 0.15) is 89.9 Å². The van der Waals surface area contributed by atoms with Crippen LogP contribution in [0.5, 0.6) is 0 Å². The molecule has 0 spiro atoms. The Morgan fingerprint density at radius 2 is 1.62 bits per heavy atom. The van der Waals surface area contributed by atoms with Gasteiger partial charge in [0.2, 0.25) is 11.8 Å². The van der Waals surface area contributed by atoms with Crippen molar-refractivity contribution in [3.63, 3.8) is 0 Å². The number of sulfone groups is 1. The summed E-state index contributed by atoms with van der Waals surface area (Å²) >= 11 is 0. The van der Waals surface area contributed by atoms with Crippen LogP contribution >= 0.6 is 0 Å². The van der Waals surface area contributed by atoms with Gasteiger partial charge in [-0.05, 0) is 56.1 Å². The highest BCUT2D eigenvalue weighted by Crippen LogP contribution is 2.29. The fourth-order valence-corrected chi connectivity index (χ4v) is 7.84. The van der Waals surface area contributed by atoms with Gasteiger partial charge in [-0.15, -0.1) is 0 Å². The monoisotopic (exact) mass is 531 g/mol. The van der Waals surface area contributed by atoms with Crippen LogP contribution in [0.3, 0.4) is 0 Å². The Morgan fingerprint density at radius 1 is 0.919 bits per heavy atom. The zero-order chi connectivity index (χ0) is 26.3. The SMILES string of the molecule is O=C(N[C@@H](CC1CCCCC1)C(=O)NC1CCCC(CS(=O)(=O)c2ccccn2)CC1=O)C1CCCC1. The minimum atomic E-state index is -3.59. The van der Waals surface area contributed by atoms with Crippen LogP contribution in [0.2, 0.25) is 0 Å². The average molecular weight is 532 g/mol. The topological polar surface area (TPSA) is 122 Å². The van der Waals surface area contributed by atoms with Gasteiger partial charge in [0.15, 0.2) is 20.6 Å². The van der Waals surface area contributed by atoms with E-state index < -0.39 is 21.9 Å². The molecule has 204 valence electrons. The number of carbonyl (C=O) groups excluding carboxylic acids is 3. The summed E-state index contributed by atoms with van der Waals surface area (Å²) in [5.74, 6) is -0.511. The molecule has 9 heteroatoms. The number of Topliss-reactive ketones (excluding diaryl/α,β-unsaturated/α-hetero) is 1. The molecule has 0 bridgehead atoms. The van der Waals surface area contributed by atoms with Crippen LogP contribution in [0.4, 0.5) is 0 Å². The first-order chi connectivity index (χ1) is 17.8. The number of ketones is 1. The number of amides is 2. The van der Waals surface area contributed by atoms with E-state index in [9.17, 15) is 22.8 Å². The van der Waals surface area contributed by atoms with Gasteiger partial charge in [-0.25, -0.2) is 13.4 Å². The summed E-state index contributed by atoms with van der Waals surface area (Å²) in [6.07, 6.45) is 13.4. The van der Waals surface area contributed by atoms with E-state index >= 15 is 0 Å². The molecule has 3 aliphatic carbocycles. The van der Waals surface area contributed by atoms with E-state index in [1.54, 1.807) is 12.1 Å². The van der Waals surface area contributed by atoms with Crippen molar-refractivity contribution in [2.24, 2.45) is 17.8 Å². The van der Waals surface area contributed by atoms with Crippen LogP contribution in [0.25, 0.3) is 0 Å². The summed E-state index contributed by atoms with van der Waals surface area (Å²) in [6, 6.07) is 3.50. The lowest BCUT2D eigenvalue weighted by atomic mass is 9.84. The van der Waals surface area contributed by atoms with Crippen LogP contribution < -0.4 is 10.6 Å². The van der Waals surface area contributed by atoms with Crippen molar-refractivity contribution < 1.29 is 22.8 Å². The summed E-state index contributed by atoms with van der Waals surface area (Å²) in [5, 5.41) is 6.01. The Labute approximate surface area is 220 Å². The summed E-state index contributed by atoms with van der Waals surface area (Å²) < 4.78 is 25.6. The van der Waals surface area contributed by atoms with Gasteiger partial charge in [-0.2, -0.15) is 0 Å². The molecule has 0 aromatic carbocycles. The van der Waals surface area contributed by atoms with Gasteiger partial charge in [0.05, 0.1) is 11.8 Å². The van der Waals surface area contributed by atoms with E-state index in [2.05, 4.69) is 15.6 Å². The maximum Gasteiger partial charge on any atom is 0.243 e. The summed E-state index contributed by atoms with van der Waals surface area (Å²) in [5.41, 5.74) is 0. The van der Waals surface area contributed by atoms with Crippen molar-refractivity contribution in [1.29, 1.82) is 0 Å². The molecule has 4 rings (SSSR count). The van der Waals surface area contributed by atoms with E-state index in [4.69, 9.17) is 0 Å². The molecule has 8 nitrogen and oxygen atoms in total. The number of carbonyl (C=O) groups is 3. The van der Waals surface area contributed by atoms with E-state index in [0.29, 0.717) is 31.6 Å². The lowest BCUT2D eigenvalue weighted by molar-refractivity contribution is -0.133. The number of nitrogens with zero attached hydrogens (tertiary/aromatic N) is 1. The maximum absolute atomic E-state index is 13.4. The molecule has 3 atom stereocenters. The third-order valence-corrected chi connectivity index (χ3v) is 10.2. The highest BCUT2D eigenvalue weighted by molar-refractivity contribution is 7.91. The quantitative estimate of drug-likeness (QED) is 0.468. The van der Waals surface area contributed by atoms with Crippen LogP contribution in [-0.4, -0.2) is 48.8 Å². The molecular weight excluding hydrogens is 490 g/mol. The van der Waals surface area contributed by atoms with Crippen LogP contribution in [0.15, 0.2) is 29.4 Å². The summed E-state index contributed by atoms with van der Waals surface area (Å²) in [6.45, 7) is 0. The molecule has 37 heavy (non-hydrogen) atoms. The van der Waals surface area contributed by atoms with Crippen molar-refractivity contribution in [2.45, 2.75) is 107 Å². The van der Waals surface area contributed by atoms with Gasteiger partial charge in [-0.1, -0.05) is 57.4 Å². The normalized spacial score (nSPS) is 24.8. The number of aromatic nitrogens is 1. The van der Waals surface area contributed by atoms with Gasteiger partial charge in [-0.3, -0.25) is 14.4 Å². The van der Waals surface area contributed by atoms with Crippen molar-refractivity contribution in [3.8, 4) is 0 Å². The molecule has 3 aliphatic rings. The molecule has 1 aromatic heterocycles. The zero-order valence-corrected chi connectivity index (χ0v) is 22.5. The largest absolute Gasteiger partial charge is 0.345 e. The molecule has 0 saturated heterocycles. The predicted octanol–water partition coefficient (Wildman–Crippen LogP) is 3.74. The zero-order valence-electron chi connectivity index (χ0n) is 21.7. The van der Waals surface area contributed by atoms with Crippen LogP contribution in [-0.2, 0) is 24.2 Å². The second-order valence-corrected chi connectivity index (χ2v) is 13.2. The Bertz CT molecular complexity index is 1030. The molecule has 0 radical (unpaired) electrons. The van der Waals surface area contributed by atoms with Gasteiger partial charge in [0, 0.05) is 18.5 Å². The Hall–Kier alpha value is -2.29. The highest BCUT2D eigenvalue weighted by atomic mass is 32.2. The average Bonchev–Trinajstić information content (AvgIpc) is 3.38. The highest BCUT2D eigenvalue weighted by Gasteiger charge is 2.34. The van der Waals surface area contributed by atoms with E-state index in [1.165, 1.54) is 18.7 Å². The molecule has 3 fully saturated rings. The van der Waals surface area contributed by atoms with E-state index in [1.807, 2.05) is 0 Å². The van der Waals surface area contributed by atoms with Gasteiger partial charge in [0.1, 0.15) is 6.04 Å². The second-order valence-electron chi connectivity index (χ2n) is 11.3. The Morgan fingerprint density at radius 3 is 2.32 bits per heavy atom. The predicted molar refractivity (Wildman–Crippen MR) is 140 cm³/mol. The third-order valence-electron chi connectivity index (χ3n) is 8.36. The van der Waals surface area contributed by atoms with Gasteiger partial charge in [0.25, 0.3) is 0 Å². The standard InChI is InChI=1S/C28H41N3O5S/c32-25-18-21(19-37(35,36)26-15-6-7-16-29-26)11-8-14-23(25)30-28(34)24(17-20-9-2-1-3-10-20)31-27(33)22-12-4-5-13-22/h6-7,15-16,20-24H,1-5,8-14,17-19H2,(H,30,34)(H,31,33)/t21?,23?,24-/m0/s1. The minimum Gasteiger partial charge on any atom is -0.345 e. The first kappa shape index (κ1) is 27.7. The molecular formula is C28H41N3O5S. The number of pyridine rings is 1. The summed E-state index contributed by atoms with van der Waals surface area (Å²) in [7, 11) is -3.59. The molecule has 2 amide bonds. The molecule has 2 N–H and O–H groups in total. The minimum absolute atomic E-state index is 0.0250.